The van der Waals surface area contributed by atoms with E-state index < -0.39 is 22.0 Å². The van der Waals surface area contributed by atoms with Crippen LogP contribution in [0.4, 0.5) is 5.69 Å². The highest BCUT2D eigenvalue weighted by Gasteiger charge is 2.11. The number of carbonyl (C=O) groups is 1. The fraction of sp³-hybridized carbons (Fsp3) is 0.333. The number of nitro groups is 1. The van der Waals surface area contributed by atoms with Crippen molar-refractivity contribution in [3.05, 3.63) is 38.8 Å². The molecule has 0 saturated carbocycles. The lowest BCUT2D eigenvalue weighted by atomic mass is 10.3. The first kappa shape index (κ1) is 11.9. The molecule has 1 N–H and O–H groups in total. The Hall–Kier alpha value is -2.18. The summed E-state index contributed by atoms with van der Waals surface area (Å²) in [5, 5.41) is 18.9. The van der Waals surface area contributed by atoms with Gasteiger partial charge in [-0.1, -0.05) is 0 Å². The van der Waals surface area contributed by atoms with Crippen molar-refractivity contribution in [3.8, 4) is 0 Å². The largest absolute Gasteiger partial charge is 0.481 e. The lowest BCUT2D eigenvalue weighted by Gasteiger charge is -2.03. The van der Waals surface area contributed by atoms with Gasteiger partial charge in [-0.05, 0) is 6.42 Å². The molecule has 0 radical (unpaired) electrons. The van der Waals surface area contributed by atoms with E-state index in [0.29, 0.717) is 13.0 Å². The van der Waals surface area contributed by atoms with Gasteiger partial charge in [0.2, 0.25) is 0 Å². The molecule has 0 bridgehead atoms. The molecule has 0 aliphatic carbocycles. The molecule has 0 aliphatic rings. The monoisotopic (exact) mass is 226 g/mol. The van der Waals surface area contributed by atoms with E-state index in [-0.39, 0.29) is 6.42 Å². The highest BCUT2D eigenvalue weighted by atomic mass is 16.6. The van der Waals surface area contributed by atoms with E-state index >= 15 is 0 Å². The van der Waals surface area contributed by atoms with E-state index in [1.807, 2.05) is 0 Å². The Kier molecular flexibility index (Phi) is 3.76. The van der Waals surface area contributed by atoms with E-state index in [0.717, 1.165) is 12.3 Å². The molecular weight excluding hydrogens is 216 g/mol. The van der Waals surface area contributed by atoms with Crippen LogP contribution in [0.3, 0.4) is 0 Å². The first-order valence-corrected chi connectivity index (χ1v) is 4.57. The summed E-state index contributed by atoms with van der Waals surface area (Å²) in [6.07, 6.45) is 2.86. The second kappa shape index (κ2) is 5.06. The molecule has 0 amide bonds. The zero-order valence-electron chi connectivity index (χ0n) is 8.33. The van der Waals surface area contributed by atoms with Crippen molar-refractivity contribution in [1.82, 2.24) is 4.57 Å². The molecule has 0 aliphatic heterocycles. The standard InChI is InChI=1S/C9H10N2O5/c12-8-3-5-10(4-1-2-9(13)14)6-7(8)11(15)16/h3,5-6H,1-2,4H2,(H,13,14). The minimum absolute atomic E-state index is 0.0140. The maximum Gasteiger partial charge on any atom is 0.332 e. The molecule has 0 atom stereocenters. The van der Waals surface area contributed by atoms with Crippen molar-refractivity contribution in [3.63, 3.8) is 0 Å². The van der Waals surface area contributed by atoms with E-state index in [9.17, 15) is 19.7 Å². The lowest BCUT2D eigenvalue weighted by Crippen LogP contribution is -2.11. The first-order valence-electron chi connectivity index (χ1n) is 4.57. The molecule has 1 heterocycles. The minimum Gasteiger partial charge on any atom is -0.481 e. The number of nitrogens with zero attached hydrogens (tertiary/aromatic N) is 2. The average Bonchev–Trinajstić information content (AvgIpc) is 2.19. The van der Waals surface area contributed by atoms with Gasteiger partial charge in [-0.25, -0.2) is 0 Å². The summed E-state index contributed by atoms with van der Waals surface area (Å²) in [4.78, 5) is 31.0. The van der Waals surface area contributed by atoms with Crippen molar-refractivity contribution in [2.45, 2.75) is 19.4 Å². The van der Waals surface area contributed by atoms with E-state index in [4.69, 9.17) is 5.11 Å². The van der Waals surface area contributed by atoms with Crippen LogP contribution >= 0.6 is 0 Å². The van der Waals surface area contributed by atoms with Gasteiger partial charge in [0.25, 0.3) is 5.43 Å². The number of carboxylic acid groups (broad SMARTS) is 1. The van der Waals surface area contributed by atoms with Gasteiger partial charge in [-0.2, -0.15) is 0 Å². The molecule has 7 nitrogen and oxygen atoms in total. The van der Waals surface area contributed by atoms with Crippen LogP contribution in [-0.2, 0) is 11.3 Å². The SMILES string of the molecule is O=C(O)CCCn1ccc(=O)c([N+](=O)[O-])c1. The topological polar surface area (TPSA) is 102 Å². The number of aromatic nitrogens is 1. The molecule has 7 heteroatoms. The number of hydrogen-bond acceptors (Lipinski definition) is 4. The Morgan fingerprint density at radius 1 is 1.56 bits per heavy atom. The Bertz CT molecular complexity index is 465. The molecule has 16 heavy (non-hydrogen) atoms. The summed E-state index contributed by atoms with van der Waals surface area (Å²) in [6.45, 7) is 0.327. The number of rotatable bonds is 5. The van der Waals surface area contributed by atoms with Crippen LogP contribution in [0.2, 0.25) is 0 Å². The third kappa shape index (κ3) is 3.19. The Morgan fingerprint density at radius 3 is 2.81 bits per heavy atom. The molecule has 1 rings (SSSR count). The molecule has 86 valence electrons. The van der Waals surface area contributed by atoms with Crippen molar-refractivity contribution >= 4 is 11.7 Å². The normalized spacial score (nSPS) is 10.0. The first-order chi connectivity index (χ1) is 7.50. The predicted octanol–water partition coefficient (Wildman–Crippen LogP) is 0.621. The number of aryl methyl sites for hydroxylation is 1. The number of hydrogen-bond donors (Lipinski definition) is 1. The molecule has 1 aromatic rings. The molecule has 1 aromatic heterocycles. The van der Waals surface area contributed by atoms with Crippen molar-refractivity contribution < 1.29 is 14.8 Å². The predicted molar refractivity (Wildman–Crippen MR) is 54.2 cm³/mol. The van der Waals surface area contributed by atoms with E-state index in [1.54, 1.807) is 0 Å². The summed E-state index contributed by atoms with van der Waals surface area (Å²) in [7, 11) is 0. The van der Waals surface area contributed by atoms with Crippen LogP contribution in [-0.4, -0.2) is 20.6 Å². The zero-order chi connectivity index (χ0) is 12.1. The van der Waals surface area contributed by atoms with Crippen LogP contribution in [0.5, 0.6) is 0 Å². The van der Waals surface area contributed by atoms with Crippen LogP contribution in [0.25, 0.3) is 0 Å². The number of aliphatic carboxylic acids is 1. The molecule has 0 fully saturated rings. The number of carboxylic acids is 1. The van der Waals surface area contributed by atoms with Gasteiger partial charge < -0.3 is 9.67 Å². The number of pyridine rings is 1. The molecular formula is C9H10N2O5. The average molecular weight is 226 g/mol. The summed E-state index contributed by atoms with van der Waals surface area (Å²) >= 11 is 0. The fourth-order valence-corrected chi connectivity index (χ4v) is 1.20. The quantitative estimate of drug-likeness (QED) is 0.585. The van der Waals surface area contributed by atoms with Crippen molar-refractivity contribution in [1.29, 1.82) is 0 Å². The Morgan fingerprint density at radius 2 is 2.25 bits per heavy atom. The third-order valence-electron chi connectivity index (χ3n) is 1.96. The fourth-order valence-electron chi connectivity index (χ4n) is 1.20. The second-order valence-corrected chi connectivity index (χ2v) is 3.19. The molecule has 0 spiro atoms. The highest BCUT2D eigenvalue weighted by molar-refractivity contribution is 5.66. The minimum atomic E-state index is -0.921. The third-order valence-corrected chi connectivity index (χ3v) is 1.96. The molecule has 0 aromatic carbocycles. The van der Waals surface area contributed by atoms with Gasteiger partial charge >= 0.3 is 11.7 Å². The van der Waals surface area contributed by atoms with E-state index in [2.05, 4.69) is 0 Å². The van der Waals surface area contributed by atoms with Crippen LogP contribution < -0.4 is 5.43 Å². The van der Waals surface area contributed by atoms with Gasteiger partial charge in [0.15, 0.2) is 0 Å². The highest BCUT2D eigenvalue weighted by Crippen LogP contribution is 2.03. The van der Waals surface area contributed by atoms with E-state index in [1.165, 1.54) is 10.8 Å². The molecule has 0 saturated heterocycles. The van der Waals surface area contributed by atoms with Crippen molar-refractivity contribution in [2.75, 3.05) is 0 Å². The summed E-state index contributed by atoms with van der Waals surface area (Å²) in [5.74, 6) is -0.921. The van der Waals surface area contributed by atoms with Gasteiger partial charge in [0, 0.05) is 25.2 Å². The Labute approximate surface area is 90.1 Å². The second-order valence-electron chi connectivity index (χ2n) is 3.19. The van der Waals surface area contributed by atoms with Gasteiger partial charge in [-0.3, -0.25) is 19.7 Å². The van der Waals surface area contributed by atoms with Crippen LogP contribution in [0.15, 0.2) is 23.3 Å². The van der Waals surface area contributed by atoms with Crippen molar-refractivity contribution in [2.24, 2.45) is 0 Å². The zero-order valence-corrected chi connectivity index (χ0v) is 8.33. The summed E-state index contributed by atoms with van der Waals surface area (Å²) in [6, 6.07) is 1.10. The molecule has 0 unspecified atom stereocenters. The summed E-state index contributed by atoms with van der Waals surface area (Å²) < 4.78 is 1.43. The lowest BCUT2D eigenvalue weighted by molar-refractivity contribution is -0.386. The Balaban J connectivity index is 2.75. The maximum absolute atomic E-state index is 11.0. The van der Waals surface area contributed by atoms with Gasteiger partial charge in [-0.15, -0.1) is 0 Å². The van der Waals surface area contributed by atoms with Crippen LogP contribution in [0, 0.1) is 10.1 Å². The van der Waals surface area contributed by atoms with Gasteiger partial charge in [0.1, 0.15) is 0 Å². The smallest absolute Gasteiger partial charge is 0.332 e. The van der Waals surface area contributed by atoms with Gasteiger partial charge in [0.05, 0.1) is 11.1 Å². The summed E-state index contributed by atoms with van der Waals surface area (Å²) in [5.41, 5.74) is -1.16. The van der Waals surface area contributed by atoms with Crippen LogP contribution in [0.1, 0.15) is 12.8 Å². The maximum atomic E-state index is 11.0.